The Balaban J connectivity index is 1.81. The lowest BCUT2D eigenvalue weighted by molar-refractivity contribution is -0.896. The first-order chi connectivity index (χ1) is 12.4. The van der Waals surface area contributed by atoms with Crippen LogP contribution in [0.5, 0.6) is 11.5 Å². The predicted octanol–water partition coefficient (Wildman–Crippen LogP) is -0.340. The Morgan fingerprint density at radius 2 is 1.96 bits per heavy atom. The van der Waals surface area contributed by atoms with Crippen molar-refractivity contribution in [1.29, 1.82) is 0 Å². The van der Waals surface area contributed by atoms with Crippen molar-refractivity contribution in [3.05, 3.63) is 23.8 Å². The fourth-order valence-electron chi connectivity index (χ4n) is 2.82. The Hall–Kier alpha value is -2.42. The second-order valence-corrected chi connectivity index (χ2v) is 6.07. The maximum atomic E-state index is 12.3. The van der Waals surface area contributed by atoms with Crippen molar-refractivity contribution < 1.29 is 32.7 Å². The molecule has 2 rings (SSSR count). The molecule has 2 amide bonds. The summed E-state index contributed by atoms with van der Waals surface area (Å²) in [4.78, 5) is 26.3. The van der Waals surface area contributed by atoms with Gasteiger partial charge >= 0.3 is 6.61 Å². The number of carbonyl (C=O) groups is 2. The minimum Gasteiger partial charge on any atom is -0.493 e. The van der Waals surface area contributed by atoms with Crippen molar-refractivity contribution in [1.82, 2.24) is 10.2 Å². The van der Waals surface area contributed by atoms with E-state index in [1.165, 1.54) is 13.2 Å². The van der Waals surface area contributed by atoms with Gasteiger partial charge < -0.3 is 24.6 Å². The average Bonchev–Trinajstić information content (AvgIpc) is 2.60. The zero-order valence-corrected chi connectivity index (χ0v) is 14.9. The Labute approximate surface area is 150 Å². The van der Waals surface area contributed by atoms with E-state index in [9.17, 15) is 18.4 Å². The zero-order valence-electron chi connectivity index (χ0n) is 14.9. The molecule has 0 saturated carbocycles. The summed E-state index contributed by atoms with van der Waals surface area (Å²) >= 11 is 0. The van der Waals surface area contributed by atoms with E-state index in [0.29, 0.717) is 25.2 Å². The molecule has 2 N–H and O–H groups in total. The molecule has 1 heterocycles. The molecule has 1 fully saturated rings. The Bertz CT molecular complexity index is 634. The van der Waals surface area contributed by atoms with Gasteiger partial charge in [-0.05, 0) is 17.7 Å². The number of amides is 2. The summed E-state index contributed by atoms with van der Waals surface area (Å²) in [5, 5.41) is 2.81. The van der Waals surface area contributed by atoms with Crippen molar-refractivity contribution in [2.75, 3.05) is 39.8 Å². The van der Waals surface area contributed by atoms with Gasteiger partial charge in [0.25, 0.3) is 5.91 Å². The largest absolute Gasteiger partial charge is 0.493 e. The third-order valence-electron chi connectivity index (χ3n) is 4.26. The Kier molecular flexibility index (Phi) is 7.14. The first-order valence-corrected chi connectivity index (χ1v) is 8.36. The van der Waals surface area contributed by atoms with Crippen LogP contribution < -0.4 is 19.7 Å². The monoisotopic (exact) mass is 372 g/mol. The number of hydrogen-bond acceptors (Lipinski definition) is 4. The summed E-state index contributed by atoms with van der Waals surface area (Å²) in [7, 11) is 1.36. The van der Waals surface area contributed by atoms with E-state index in [-0.39, 0.29) is 29.9 Å². The van der Waals surface area contributed by atoms with Crippen LogP contribution in [0, 0.1) is 0 Å². The smallest absolute Gasteiger partial charge is 0.387 e. The normalized spacial score (nSPS) is 15.0. The Morgan fingerprint density at radius 3 is 2.54 bits per heavy atom. The quantitative estimate of drug-likeness (QED) is 0.687. The SMILES string of the molecule is COc1cc(CNC(=O)C[NH+]2CCN(C(C)=O)CC2)ccc1OC(F)F. The van der Waals surface area contributed by atoms with Gasteiger partial charge in [-0.3, -0.25) is 9.59 Å². The van der Waals surface area contributed by atoms with E-state index in [4.69, 9.17) is 4.74 Å². The minimum atomic E-state index is -2.93. The first kappa shape index (κ1) is 19.9. The molecule has 7 nitrogen and oxygen atoms in total. The number of hydrogen-bond donors (Lipinski definition) is 2. The molecule has 0 unspecified atom stereocenters. The van der Waals surface area contributed by atoms with Gasteiger partial charge in [0.15, 0.2) is 18.0 Å². The molecule has 1 aliphatic heterocycles. The molecular weight excluding hydrogens is 348 g/mol. The number of ether oxygens (including phenoxy) is 2. The predicted molar refractivity (Wildman–Crippen MR) is 89.3 cm³/mol. The zero-order chi connectivity index (χ0) is 19.1. The molecule has 144 valence electrons. The van der Waals surface area contributed by atoms with Crippen molar-refractivity contribution in [3.63, 3.8) is 0 Å². The maximum absolute atomic E-state index is 12.3. The standard InChI is InChI=1S/C17H23F2N3O4/c1-12(23)22-7-5-21(6-8-22)11-16(24)20-10-13-3-4-14(26-17(18)19)15(9-13)25-2/h3-4,9,17H,5-8,10-11H2,1-2H3,(H,20,24)/p+1. The number of nitrogens with zero attached hydrogens (tertiary/aromatic N) is 1. The fraction of sp³-hybridized carbons (Fsp3) is 0.529. The highest BCUT2D eigenvalue weighted by Gasteiger charge is 2.23. The number of rotatable bonds is 7. The van der Waals surface area contributed by atoms with Crippen molar-refractivity contribution >= 4 is 11.8 Å². The number of carbonyl (C=O) groups excluding carboxylic acids is 2. The number of alkyl halides is 2. The lowest BCUT2D eigenvalue weighted by Crippen LogP contribution is -3.15. The van der Waals surface area contributed by atoms with Crippen LogP contribution in [0.3, 0.4) is 0 Å². The summed E-state index contributed by atoms with van der Waals surface area (Å²) in [5.74, 6) is 0.0817. The number of nitrogens with one attached hydrogen (secondary N) is 2. The number of halogens is 2. The molecule has 1 aromatic carbocycles. The summed E-state index contributed by atoms with van der Waals surface area (Å²) in [6.07, 6.45) is 0. The van der Waals surface area contributed by atoms with Crippen LogP contribution in [0.2, 0.25) is 0 Å². The van der Waals surface area contributed by atoms with Gasteiger partial charge in [0, 0.05) is 13.5 Å². The molecule has 0 aromatic heterocycles. The molecular formula is C17H24F2N3O4+. The van der Waals surface area contributed by atoms with Crippen LogP contribution in [0.1, 0.15) is 12.5 Å². The van der Waals surface area contributed by atoms with Gasteiger partial charge in [0.2, 0.25) is 5.91 Å². The molecule has 0 radical (unpaired) electrons. The molecule has 1 aromatic rings. The minimum absolute atomic E-state index is 0.0506. The van der Waals surface area contributed by atoms with Crippen LogP contribution >= 0.6 is 0 Å². The first-order valence-electron chi connectivity index (χ1n) is 8.36. The van der Waals surface area contributed by atoms with Crippen molar-refractivity contribution in [2.24, 2.45) is 0 Å². The highest BCUT2D eigenvalue weighted by Crippen LogP contribution is 2.29. The second-order valence-electron chi connectivity index (χ2n) is 6.07. The molecule has 0 atom stereocenters. The van der Waals surface area contributed by atoms with Gasteiger partial charge in [-0.15, -0.1) is 0 Å². The van der Waals surface area contributed by atoms with Crippen molar-refractivity contribution in [2.45, 2.75) is 20.1 Å². The summed E-state index contributed by atoms with van der Waals surface area (Å²) < 4.78 is 34.1. The number of methoxy groups -OCH3 is 1. The van der Waals surface area contributed by atoms with E-state index in [0.717, 1.165) is 18.0 Å². The summed E-state index contributed by atoms with van der Waals surface area (Å²) in [6, 6.07) is 4.54. The van der Waals surface area contributed by atoms with E-state index < -0.39 is 6.61 Å². The van der Waals surface area contributed by atoms with E-state index in [1.807, 2.05) is 0 Å². The third kappa shape index (κ3) is 5.83. The molecule has 1 saturated heterocycles. The molecule has 0 bridgehead atoms. The van der Waals surface area contributed by atoms with Gasteiger partial charge in [0.05, 0.1) is 33.3 Å². The van der Waals surface area contributed by atoms with Crippen LogP contribution in [0.4, 0.5) is 8.78 Å². The second kappa shape index (κ2) is 9.33. The molecule has 0 spiro atoms. The van der Waals surface area contributed by atoms with Gasteiger partial charge in [0.1, 0.15) is 0 Å². The highest BCUT2D eigenvalue weighted by molar-refractivity contribution is 5.77. The number of piperazine rings is 1. The van der Waals surface area contributed by atoms with Crippen LogP contribution in [0.15, 0.2) is 18.2 Å². The topological polar surface area (TPSA) is 72.3 Å². The summed E-state index contributed by atoms with van der Waals surface area (Å²) in [6.45, 7) is 1.99. The van der Waals surface area contributed by atoms with Crippen LogP contribution in [0.25, 0.3) is 0 Å². The number of benzene rings is 1. The van der Waals surface area contributed by atoms with Gasteiger partial charge in [-0.1, -0.05) is 6.07 Å². The van der Waals surface area contributed by atoms with E-state index >= 15 is 0 Å². The van der Waals surface area contributed by atoms with Gasteiger partial charge in [-0.25, -0.2) is 0 Å². The van der Waals surface area contributed by atoms with Crippen molar-refractivity contribution in [3.8, 4) is 11.5 Å². The molecule has 9 heteroatoms. The van der Waals surface area contributed by atoms with Gasteiger partial charge in [-0.2, -0.15) is 8.78 Å². The van der Waals surface area contributed by atoms with Crippen LogP contribution in [-0.2, 0) is 16.1 Å². The van der Waals surface area contributed by atoms with Crippen LogP contribution in [-0.4, -0.2) is 63.2 Å². The molecule has 26 heavy (non-hydrogen) atoms. The summed E-state index contributed by atoms with van der Waals surface area (Å²) in [5.41, 5.74) is 0.716. The fourth-order valence-corrected chi connectivity index (χ4v) is 2.82. The highest BCUT2D eigenvalue weighted by atomic mass is 19.3. The Morgan fingerprint density at radius 1 is 1.27 bits per heavy atom. The van der Waals surface area contributed by atoms with E-state index in [2.05, 4.69) is 10.1 Å². The number of quaternary nitrogens is 1. The van der Waals surface area contributed by atoms with E-state index in [1.54, 1.807) is 24.0 Å². The molecule has 1 aliphatic rings. The average molecular weight is 372 g/mol. The lowest BCUT2D eigenvalue weighted by Gasteiger charge is -2.31. The molecule has 0 aliphatic carbocycles. The maximum Gasteiger partial charge on any atom is 0.387 e. The lowest BCUT2D eigenvalue weighted by atomic mass is 10.2. The third-order valence-corrected chi connectivity index (χ3v) is 4.26.